The highest BCUT2D eigenvalue weighted by Crippen LogP contribution is 2.49. The number of para-hydroxylation sites is 1. The second-order valence-electron chi connectivity index (χ2n) is 10.4. The van der Waals surface area contributed by atoms with Gasteiger partial charge in [0.15, 0.2) is 12.3 Å². The van der Waals surface area contributed by atoms with Crippen LogP contribution in [0.1, 0.15) is 47.8 Å². The molecule has 2 aromatic rings. The summed E-state index contributed by atoms with van der Waals surface area (Å²) in [6, 6.07) is 9.93. The topological polar surface area (TPSA) is 197 Å². The number of nitrogens with one attached hydrogen (secondary N) is 2. The van der Waals surface area contributed by atoms with E-state index >= 15 is 0 Å². The van der Waals surface area contributed by atoms with Crippen LogP contribution >= 0.6 is 7.75 Å². The Kier molecular flexibility index (Phi) is 10.9. The van der Waals surface area contributed by atoms with E-state index in [9.17, 15) is 29.0 Å². The number of H-pyrrole nitrogens is 1. The second-order valence-corrected chi connectivity index (χ2v) is 12.1. The van der Waals surface area contributed by atoms with Crippen molar-refractivity contribution in [3.05, 3.63) is 63.4 Å². The van der Waals surface area contributed by atoms with Gasteiger partial charge in [0.1, 0.15) is 23.3 Å². The van der Waals surface area contributed by atoms with Crippen LogP contribution in [0.15, 0.2) is 52.2 Å². The third kappa shape index (κ3) is 8.55. The molecule has 1 aromatic heterocycles. The van der Waals surface area contributed by atoms with E-state index in [4.69, 9.17) is 28.0 Å². The van der Waals surface area contributed by atoms with Gasteiger partial charge in [0.25, 0.3) is 5.56 Å². The fourth-order valence-electron chi connectivity index (χ4n) is 4.15. The summed E-state index contributed by atoms with van der Waals surface area (Å²) in [4.78, 5) is 51.4. The lowest BCUT2D eigenvalue weighted by molar-refractivity contribution is -0.149. The summed E-state index contributed by atoms with van der Waals surface area (Å²) < 4.78 is 48.1. The van der Waals surface area contributed by atoms with Crippen LogP contribution in [-0.4, -0.2) is 58.7 Å². The van der Waals surface area contributed by atoms with E-state index in [1.165, 1.54) is 26.0 Å². The zero-order chi connectivity index (χ0) is 31.9. The second kappa shape index (κ2) is 14.0. The first-order chi connectivity index (χ1) is 20.2. The molecule has 1 unspecified atom stereocenters. The number of ether oxygens (including phenoxy) is 4. The van der Waals surface area contributed by atoms with Gasteiger partial charge < -0.3 is 23.5 Å². The summed E-state index contributed by atoms with van der Waals surface area (Å²) in [5.41, 5.74) is -3.30. The number of esters is 1. The molecule has 0 spiro atoms. The smallest absolute Gasteiger partial charge is 0.462 e. The van der Waals surface area contributed by atoms with Crippen LogP contribution in [-0.2, 0) is 32.8 Å². The highest BCUT2D eigenvalue weighted by atomic mass is 31.2. The predicted molar refractivity (Wildman–Crippen MR) is 150 cm³/mol. The summed E-state index contributed by atoms with van der Waals surface area (Å²) in [5.74, 6) is -0.581. The number of nitrogens with zero attached hydrogens (tertiary/aromatic N) is 2. The summed E-state index contributed by atoms with van der Waals surface area (Å²) >= 11 is 0. The standard InChI is InChI=1S/C27H35N4O11P/c1-16(2)38-23(33)18(5)30-43(36,42-19-10-8-7-9-11-19)37-14-20-22(41-26(35)39-17(3)4)27(6,15-28)24(40-20)31-13-12-21(32)29-25(31)34/h7-13,16-18,20,22,24H,14H2,1-6H3,(H,30,36)(H,29,32,34)/t18-,20+,22+,24+,27+,43?/m0/s1. The lowest BCUT2D eigenvalue weighted by Crippen LogP contribution is -2.43. The van der Waals surface area contributed by atoms with E-state index in [1.807, 2.05) is 6.07 Å². The Balaban J connectivity index is 1.96. The van der Waals surface area contributed by atoms with Crippen molar-refractivity contribution in [2.75, 3.05) is 6.61 Å². The molecule has 0 bridgehead atoms. The molecule has 0 saturated carbocycles. The molecule has 43 heavy (non-hydrogen) atoms. The Hall–Kier alpha value is -3.96. The van der Waals surface area contributed by atoms with Gasteiger partial charge >= 0.3 is 25.6 Å². The molecule has 2 N–H and O–H groups in total. The van der Waals surface area contributed by atoms with Crippen LogP contribution in [0.3, 0.4) is 0 Å². The maximum absolute atomic E-state index is 14.0. The van der Waals surface area contributed by atoms with Gasteiger partial charge in [0.2, 0.25) is 0 Å². The van der Waals surface area contributed by atoms with E-state index in [0.717, 1.165) is 16.8 Å². The van der Waals surface area contributed by atoms with Gasteiger partial charge in [-0.15, -0.1) is 0 Å². The van der Waals surface area contributed by atoms with Crippen molar-refractivity contribution in [2.45, 2.75) is 78.2 Å². The normalized spacial score (nSPS) is 23.7. The van der Waals surface area contributed by atoms with Gasteiger partial charge in [-0.25, -0.2) is 14.2 Å². The van der Waals surface area contributed by atoms with Crippen LogP contribution in [0.25, 0.3) is 0 Å². The minimum atomic E-state index is -4.39. The number of carbonyl (C=O) groups excluding carboxylic acids is 2. The van der Waals surface area contributed by atoms with E-state index in [2.05, 4.69) is 10.1 Å². The molecule has 1 fully saturated rings. The number of aromatic nitrogens is 2. The Morgan fingerprint density at radius 2 is 1.77 bits per heavy atom. The number of rotatable bonds is 12. The fraction of sp³-hybridized carbons (Fsp3) is 0.519. The van der Waals surface area contributed by atoms with Gasteiger partial charge in [-0.3, -0.25) is 23.7 Å². The van der Waals surface area contributed by atoms with Crippen LogP contribution in [0, 0.1) is 16.7 Å². The number of hydrogen-bond acceptors (Lipinski definition) is 12. The van der Waals surface area contributed by atoms with Gasteiger partial charge in [-0.05, 0) is 53.7 Å². The average molecular weight is 623 g/mol. The number of nitriles is 1. The Bertz CT molecular complexity index is 1490. The molecule has 0 amide bonds. The fourth-order valence-corrected chi connectivity index (χ4v) is 5.65. The van der Waals surface area contributed by atoms with Gasteiger partial charge in [-0.2, -0.15) is 10.3 Å². The molecule has 1 aliphatic rings. The van der Waals surface area contributed by atoms with Gasteiger partial charge in [-0.1, -0.05) is 18.2 Å². The van der Waals surface area contributed by atoms with Crippen molar-refractivity contribution < 1.29 is 42.1 Å². The van der Waals surface area contributed by atoms with Crippen molar-refractivity contribution in [1.82, 2.24) is 14.6 Å². The third-order valence-electron chi connectivity index (χ3n) is 6.08. The molecule has 6 atom stereocenters. The van der Waals surface area contributed by atoms with Crippen LogP contribution in [0.2, 0.25) is 0 Å². The molecule has 16 heteroatoms. The Morgan fingerprint density at radius 3 is 2.35 bits per heavy atom. The highest BCUT2D eigenvalue weighted by Gasteiger charge is 2.58. The van der Waals surface area contributed by atoms with E-state index in [1.54, 1.807) is 45.9 Å². The molecule has 1 aromatic carbocycles. The van der Waals surface area contributed by atoms with Crippen molar-refractivity contribution in [3.63, 3.8) is 0 Å². The molecule has 15 nitrogen and oxygen atoms in total. The summed E-state index contributed by atoms with van der Waals surface area (Å²) in [6.07, 6.45) is -5.15. The molecular weight excluding hydrogens is 587 g/mol. The summed E-state index contributed by atoms with van der Waals surface area (Å²) in [5, 5.41) is 12.8. The first kappa shape index (κ1) is 33.5. The lowest BCUT2D eigenvalue weighted by Gasteiger charge is -2.29. The summed E-state index contributed by atoms with van der Waals surface area (Å²) in [7, 11) is -4.39. The van der Waals surface area contributed by atoms with Gasteiger partial charge in [0, 0.05) is 12.3 Å². The van der Waals surface area contributed by atoms with Gasteiger partial charge in [0.05, 0.1) is 24.9 Å². The first-order valence-corrected chi connectivity index (χ1v) is 14.9. The largest absolute Gasteiger partial charge is 0.508 e. The monoisotopic (exact) mass is 622 g/mol. The third-order valence-corrected chi connectivity index (χ3v) is 7.72. The molecule has 1 aliphatic heterocycles. The summed E-state index contributed by atoms with van der Waals surface area (Å²) in [6.45, 7) is 8.65. The minimum absolute atomic E-state index is 0.142. The minimum Gasteiger partial charge on any atom is -0.462 e. The van der Waals surface area contributed by atoms with Crippen molar-refractivity contribution in [2.24, 2.45) is 5.41 Å². The van der Waals surface area contributed by atoms with Crippen LogP contribution < -0.4 is 20.9 Å². The zero-order valence-corrected chi connectivity index (χ0v) is 25.4. The Labute approximate surface area is 247 Å². The predicted octanol–water partition coefficient (Wildman–Crippen LogP) is 3.03. The Morgan fingerprint density at radius 1 is 1.12 bits per heavy atom. The zero-order valence-electron chi connectivity index (χ0n) is 24.5. The van der Waals surface area contributed by atoms with E-state index in [-0.39, 0.29) is 5.75 Å². The van der Waals surface area contributed by atoms with Crippen LogP contribution in [0.4, 0.5) is 4.79 Å². The van der Waals surface area contributed by atoms with Crippen molar-refractivity contribution in [3.8, 4) is 11.8 Å². The quantitative estimate of drug-likeness (QED) is 0.259. The first-order valence-electron chi connectivity index (χ1n) is 13.4. The average Bonchev–Trinajstić information content (AvgIpc) is 3.18. The van der Waals surface area contributed by atoms with Crippen molar-refractivity contribution in [1.29, 1.82) is 5.26 Å². The van der Waals surface area contributed by atoms with E-state index in [0.29, 0.717) is 0 Å². The van der Waals surface area contributed by atoms with Crippen molar-refractivity contribution >= 4 is 19.9 Å². The van der Waals surface area contributed by atoms with E-state index < -0.39 is 79.8 Å². The molecule has 3 rings (SSSR count). The number of hydrogen-bond donors (Lipinski definition) is 2. The number of aromatic amines is 1. The molecule has 2 heterocycles. The number of benzene rings is 1. The molecule has 1 saturated heterocycles. The molecule has 0 radical (unpaired) electrons. The number of carbonyl (C=O) groups is 2. The lowest BCUT2D eigenvalue weighted by atomic mass is 9.83. The maximum Gasteiger partial charge on any atom is 0.508 e. The SMILES string of the molecule is CC(C)OC(=O)O[C@@H]1[C@@H](COP(=O)(N[C@@H](C)C(=O)OC(C)C)Oc2ccccc2)O[C@@H](n2ccc(=O)[nH]c2=O)[C@]1(C)C#N. The maximum atomic E-state index is 14.0. The van der Waals surface area contributed by atoms with Crippen LogP contribution in [0.5, 0.6) is 5.75 Å². The molecule has 234 valence electrons. The molecular formula is C27H35N4O11P. The highest BCUT2D eigenvalue weighted by molar-refractivity contribution is 7.52. The molecule has 0 aliphatic carbocycles.